The Balaban J connectivity index is 2.08. The van der Waals surface area contributed by atoms with Crippen molar-refractivity contribution < 1.29 is 19.4 Å². The predicted molar refractivity (Wildman–Crippen MR) is 82.8 cm³/mol. The van der Waals surface area contributed by atoms with Crippen molar-refractivity contribution in [1.82, 2.24) is 10.3 Å². The Hall–Kier alpha value is -2.50. The van der Waals surface area contributed by atoms with Crippen LogP contribution in [0.5, 0.6) is 0 Å². The summed E-state index contributed by atoms with van der Waals surface area (Å²) in [5, 5.41) is 12.7. The molecule has 0 aliphatic rings. The predicted octanol–water partition coefficient (Wildman–Crippen LogP) is 2.69. The first-order chi connectivity index (χ1) is 10.2. The first-order valence-electron chi connectivity index (χ1n) is 7.03. The van der Waals surface area contributed by atoms with Gasteiger partial charge in [-0.2, -0.15) is 0 Å². The van der Waals surface area contributed by atoms with Gasteiger partial charge in [0.25, 0.3) is 0 Å². The molecule has 0 aliphatic heterocycles. The van der Waals surface area contributed by atoms with Gasteiger partial charge in [0.15, 0.2) is 0 Å². The number of nitrogens with one attached hydrogen (secondary N) is 2. The number of aliphatic carboxylic acids is 1. The number of carboxylic acids is 1. The Labute approximate surface area is 128 Å². The lowest BCUT2D eigenvalue weighted by molar-refractivity contribution is -0.139. The van der Waals surface area contributed by atoms with Gasteiger partial charge in [-0.3, -0.25) is 0 Å². The fourth-order valence-electron chi connectivity index (χ4n) is 2.11. The molecule has 2 rings (SSSR count). The summed E-state index contributed by atoms with van der Waals surface area (Å²) in [7, 11) is 0. The maximum absolute atomic E-state index is 11.7. The molecule has 0 aliphatic carbocycles. The van der Waals surface area contributed by atoms with E-state index in [0.717, 1.165) is 16.5 Å². The lowest BCUT2D eigenvalue weighted by atomic mass is 10.0. The molecule has 6 heteroatoms. The summed E-state index contributed by atoms with van der Waals surface area (Å²) >= 11 is 0. The molecule has 1 aromatic carbocycles. The summed E-state index contributed by atoms with van der Waals surface area (Å²) in [4.78, 5) is 26.1. The minimum atomic E-state index is -1.10. The number of aromatic nitrogens is 1. The molecule has 118 valence electrons. The van der Waals surface area contributed by atoms with Crippen LogP contribution in [0.3, 0.4) is 0 Å². The number of H-pyrrole nitrogens is 1. The van der Waals surface area contributed by atoms with Gasteiger partial charge in [0.2, 0.25) is 0 Å². The molecule has 2 aromatic rings. The van der Waals surface area contributed by atoms with Crippen LogP contribution in [0.25, 0.3) is 10.9 Å². The van der Waals surface area contributed by atoms with Crippen LogP contribution < -0.4 is 5.32 Å². The van der Waals surface area contributed by atoms with Crippen molar-refractivity contribution in [3.63, 3.8) is 0 Å². The zero-order valence-corrected chi connectivity index (χ0v) is 12.8. The molecule has 1 aromatic heterocycles. The summed E-state index contributed by atoms with van der Waals surface area (Å²) in [6.07, 6.45) is 1.27. The molecular formula is C16H20N2O4. The standard InChI is InChI=1S/C16H20N2O4/c1-16(2,3)22-15(21)18-13(14(19)20)9-10-4-5-11-6-7-17-12(11)8-10/h4-8,13,17H,9H2,1-3H3,(H,18,21)(H,19,20). The number of benzene rings is 1. The number of carbonyl (C=O) groups excluding carboxylic acids is 1. The van der Waals surface area contributed by atoms with Crippen LogP contribution in [0.1, 0.15) is 26.3 Å². The number of alkyl carbamates (subject to hydrolysis) is 1. The monoisotopic (exact) mass is 304 g/mol. The molecule has 1 unspecified atom stereocenters. The minimum Gasteiger partial charge on any atom is -0.480 e. The number of hydrogen-bond donors (Lipinski definition) is 3. The molecule has 1 atom stereocenters. The molecule has 0 spiro atoms. The maximum Gasteiger partial charge on any atom is 0.408 e. The van der Waals surface area contributed by atoms with Crippen LogP contribution in [0.15, 0.2) is 30.5 Å². The van der Waals surface area contributed by atoms with E-state index in [4.69, 9.17) is 4.74 Å². The SMILES string of the molecule is CC(C)(C)OC(=O)NC(Cc1ccc2cc[nH]c2c1)C(=O)O. The highest BCUT2D eigenvalue weighted by Gasteiger charge is 2.24. The van der Waals surface area contributed by atoms with Gasteiger partial charge in [0.05, 0.1) is 0 Å². The van der Waals surface area contributed by atoms with Crippen LogP contribution in [0.2, 0.25) is 0 Å². The highest BCUT2D eigenvalue weighted by atomic mass is 16.6. The van der Waals surface area contributed by atoms with E-state index >= 15 is 0 Å². The van der Waals surface area contributed by atoms with Gasteiger partial charge in [0, 0.05) is 18.1 Å². The van der Waals surface area contributed by atoms with Crippen LogP contribution >= 0.6 is 0 Å². The zero-order valence-electron chi connectivity index (χ0n) is 12.8. The zero-order chi connectivity index (χ0) is 16.3. The molecule has 22 heavy (non-hydrogen) atoms. The number of aromatic amines is 1. The largest absolute Gasteiger partial charge is 0.480 e. The molecule has 0 bridgehead atoms. The van der Waals surface area contributed by atoms with Crippen LogP contribution in [0.4, 0.5) is 4.79 Å². The van der Waals surface area contributed by atoms with Gasteiger partial charge in [-0.25, -0.2) is 9.59 Å². The van der Waals surface area contributed by atoms with Gasteiger partial charge in [0.1, 0.15) is 11.6 Å². The van der Waals surface area contributed by atoms with Crippen molar-refractivity contribution in [3.05, 3.63) is 36.0 Å². The first kappa shape index (κ1) is 15.9. The molecule has 6 nitrogen and oxygen atoms in total. The third-order valence-electron chi connectivity index (χ3n) is 3.05. The molecule has 3 N–H and O–H groups in total. The topological polar surface area (TPSA) is 91.4 Å². The second-order valence-corrected chi connectivity index (χ2v) is 6.14. The van der Waals surface area contributed by atoms with E-state index in [0.29, 0.717) is 0 Å². The van der Waals surface area contributed by atoms with Gasteiger partial charge >= 0.3 is 12.1 Å². The Kier molecular flexibility index (Phi) is 4.40. The van der Waals surface area contributed by atoms with Crippen molar-refractivity contribution in [2.24, 2.45) is 0 Å². The number of fused-ring (bicyclic) bond motifs is 1. The first-order valence-corrected chi connectivity index (χ1v) is 7.03. The van der Waals surface area contributed by atoms with E-state index in [1.165, 1.54) is 0 Å². The Morgan fingerprint density at radius 1 is 1.32 bits per heavy atom. The smallest absolute Gasteiger partial charge is 0.408 e. The second kappa shape index (κ2) is 6.09. The number of hydrogen-bond acceptors (Lipinski definition) is 3. The average molecular weight is 304 g/mol. The maximum atomic E-state index is 11.7. The molecule has 1 heterocycles. The van der Waals surface area contributed by atoms with Gasteiger partial charge in [-0.05, 0) is 43.9 Å². The lowest BCUT2D eigenvalue weighted by Crippen LogP contribution is -2.44. The number of rotatable bonds is 4. The normalized spacial score (nSPS) is 12.9. The Bertz CT molecular complexity index is 685. The van der Waals surface area contributed by atoms with Crippen LogP contribution in [-0.4, -0.2) is 33.8 Å². The Morgan fingerprint density at radius 3 is 2.68 bits per heavy atom. The molecule has 0 radical (unpaired) electrons. The van der Waals surface area contributed by atoms with Gasteiger partial charge in [-0.1, -0.05) is 12.1 Å². The van der Waals surface area contributed by atoms with Crippen molar-refractivity contribution in [1.29, 1.82) is 0 Å². The lowest BCUT2D eigenvalue weighted by Gasteiger charge is -2.22. The van der Waals surface area contributed by atoms with E-state index in [2.05, 4.69) is 10.3 Å². The molecule has 0 saturated heterocycles. The highest BCUT2D eigenvalue weighted by molar-refractivity contribution is 5.82. The number of amides is 1. The third kappa shape index (κ3) is 4.25. The van der Waals surface area contributed by atoms with Crippen LogP contribution in [-0.2, 0) is 16.0 Å². The van der Waals surface area contributed by atoms with E-state index < -0.39 is 23.7 Å². The van der Waals surface area contributed by atoms with Crippen LogP contribution in [0, 0.1) is 0 Å². The highest BCUT2D eigenvalue weighted by Crippen LogP contribution is 2.16. The van der Waals surface area contributed by atoms with E-state index in [1.54, 1.807) is 20.8 Å². The van der Waals surface area contributed by atoms with E-state index in [9.17, 15) is 14.7 Å². The number of carboxylic acid groups (broad SMARTS) is 1. The van der Waals surface area contributed by atoms with Crippen molar-refractivity contribution in [2.45, 2.75) is 38.8 Å². The summed E-state index contributed by atoms with van der Waals surface area (Å²) in [6.45, 7) is 5.17. The molecule has 0 fully saturated rings. The van der Waals surface area contributed by atoms with Gasteiger partial charge < -0.3 is 20.1 Å². The summed E-state index contributed by atoms with van der Waals surface area (Å²) in [6, 6.07) is 6.54. The third-order valence-corrected chi connectivity index (χ3v) is 3.05. The van der Waals surface area contributed by atoms with E-state index in [-0.39, 0.29) is 6.42 Å². The molecule has 0 saturated carbocycles. The fourth-order valence-corrected chi connectivity index (χ4v) is 2.11. The van der Waals surface area contributed by atoms with Crippen molar-refractivity contribution in [2.75, 3.05) is 0 Å². The average Bonchev–Trinajstić information content (AvgIpc) is 2.82. The second-order valence-electron chi connectivity index (χ2n) is 6.14. The summed E-state index contributed by atoms with van der Waals surface area (Å²) in [5.74, 6) is -1.10. The molecule has 1 amide bonds. The number of ether oxygens (including phenoxy) is 1. The van der Waals surface area contributed by atoms with E-state index in [1.807, 2.05) is 30.5 Å². The van der Waals surface area contributed by atoms with Crippen molar-refractivity contribution >= 4 is 23.0 Å². The molecular weight excluding hydrogens is 284 g/mol. The van der Waals surface area contributed by atoms with Gasteiger partial charge in [-0.15, -0.1) is 0 Å². The fraction of sp³-hybridized carbons (Fsp3) is 0.375. The minimum absolute atomic E-state index is 0.184. The Morgan fingerprint density at radius 2 is 2.05 bits per heavy atom. The number of carbonyl (C=O) groups is 2. The quantitative estimate of drug-likeness (QED) is 0.810. The summed E-state index contributed by atoms with van der Waals surface area (Å²) < 4.78 is 5.09. The summed E-state index contributed by atoms with van der Waals surface area (Å²) in [5.41, 5.74) is 1.08. The van der Waals surface area contributed by atoms with Crippen molar-refractivity contribution in [3.8, 4) is 0 Å².